The minimum atomic E-state index is -0.798. The molecule has 118 valence electrons. The number of anilines is 1. The summed E-state index contributed by atoms with van der Waals surface area (Å²) >= 11 is 0. The van der Waals surface area contributed by atoms with Crippen molar-refractivity contribution in [3.8, 4) is 0 Å². The zero-order valence-electron chi connectivity index (χ0n) is 12.3. The van der Waals surface area contributed by atoms with Gasteiger partial charge in [0.15, 0.2) is 11.6 Å². The lowest BCUT2D eigenvalue weighted by atomic mass is 10.0. The monoisotopic (exact) mass is 307 g/mol. The van der Waals surface area contributed by atoms with Gasteiger partial charge in [0, 0.05) is 43.6 Å². The number of aromatic nitrogens is 3. The fraction of sp³-hybridized carbons (Fsp3) is 0.467. The van der Waals surface area contributed by atoms with Crippen molar-refractivity contribution >= 4 is 5.69 Å². The van der Waals surface area contributed by atoms with E-state index in [0.717, 1.165) is 44.7 Å². The summed E-state index contributed by atoms with van der Waals surface area (Å²) in [6.07, 6.45) is 5.47. The average Bonchev–Trinajstić information content (AvgIpc) is 3.04. The Balaban J connectivity index is 1.44. The van der Waals surface area contributed by atoms with Gasteiger partial charge in [0.25, 0.3) is 0 Å². The summed E-state index contributed by atoms with van der Waals surface area (Å²) in [7, 11) is 0. The van der Waals surface area contributed by atoms with Crippen LogP contribution in [0.1, 0.15) is 12.8 Å². The number of hydrogen-bond donors (Lipinski definition) is 1. The molecule has 1 aromatic heterocycles. The van der Waals surface area contributed by atoms with Crippen LogP contribution in [0.2, 0.25) is 0 Å². The first-order chi connectivity index (χ1) is 10.7. The topological polar surface area (TPSA) is 46.0 Å². The zero-order valence-corrected chi connectivity index (χ0v) is 12.3. The molecular formula is C15H19F2N5. The van der Waals surface area contributed by atoms with Crippen LogP contribution >= 0.6 is 0 Å². The van der Waals surface area contributed by atoms with E-state index in [2.05, 4.69) is 20.5 Å². The highest BCUT2D eigenvalue weighted by atomic mass is 19.2. The third-order valence-corrected chi connectivity index (χ3v) is 4.01. The average molecular weight is 307 g/mol. The van der Waals surface area contributed by atoms with Gasteiger partial charge in [-0.3, -0.25) is 4.68 Å². The lowest BCUT2D eigenvalue weighted by Crippen LogP contribution is -2.43. The van der Waals surface area contributed by atoms with Gasteiger partial charge in [-0.1, -0.05) is 5.21 Å². The number of nitrogens with one attached hydrogen (secondary N) is 1. The molecule has 3 rings (SSSR count). The largest absolute Gasteiger partial charge is 0.371 e. The molecule has 1 aliphatic heterocycles. The van der Waals surface area contributed by atoms with Crippen LogP contribution in [0.25, 0.3) is 0 Å². The summed E-state index contributed by atoms with van der Waals surface area (Å²) in [5.74, 6) is -1.58. The highest BCUT2D eigenvalue weighted by molar-refractivity contribution is 5.47. The molecule has 0 aliphatic carbocycles. The maximum absolute atomic E-state index is 13.3. The molecule has 1 aliphatic rings. The highest BCUT2D eigenvalue weighted by Gasteiger charge is 2.19. The van der Waals surface area contributed by atoms with Crippen LogP contribution in [0.3, 0.4) is 0 Å². The molecule has 0 saturated carbocycles. The van der Waals surface area contributed by atoms with E-state index in [1.807, 2.05) is 6.20 Å². The minimum absolute atomic E-state index is 0.449. The molecule has 1 saturated heterocycles. The molecule has 22 heavy (non-hydrogen) atoms. The molecule has 0 unspecified atom stereocenters. The molecule has 1 fully saturated rings. The second-order valence-corrected chi connectivity index (χ2v) is 5.48. The van der Waals surface area contributed by atoms with Gasteiger partial charge in [-0.2, -0.15) is 0 Å². The van der Waals surface area contributed by atoms with Gasteiger partial charge in [-0.25, -0.2) is 8.78 Å². The van der Waals surface area contributed by atoms with Crippen LogP contribution < -0.4 is 10.2 Å². The molecule has 1 N–H and O–H groups in total. The highest BCUT2D eigenvalue weighted by Crippen LogP contribution is 2.22. The van der Waals surface area contributed by atoms with Crippen molar-refractivity contribution in [1.82, 2.24) is 20.3 Å². The Labute approximate surface area is 127 Å². The van der Waals surface area contributed by atoms with E-state index < -0.39 is 11.6 Å². The minimum Gasteiger partial charge on any atom is -0.371 e. The van der Waals surface area contributed by atoms with E-state index in [1.165, 1.54) is 12.1 Å². The van der Waals surface area contributed by atoms with Crippen molar-refractivity contribution in [2.75, 3.05) is 24.5 Å². The molecular weight excluding hydrogens is 288 g/mol. The predicted octanol–water partition coefficient (Wildman–Crippen LogP) is 1.81. The molecule has 0 bridgehead atoms. The van der Waals surface area contributed by atoms with Crippen molar-refractivity contribution in [3.05, 3.63) is 42.2 Å². The Morgan fingerprint density at radius 1 is 1.18 bits per heavy atom. The van der Waals surface area contributed by atoms with E-state index in [4.69, 9.17) is 0 Å². The third-order valence-electron chi connectivity index (χ3n) is 4.01. The summed E-state index contributed by atoms with van der Waals surface area (Å²) < 4.78 is 28.0. The molecule has 0 spiro atoms. The number of halogens is 2. The quantitative estimate of drug-likeness (QED) is 0.915. The second-order valence-electron chi connectivity index (χ2n) is 5.48. The Hall–Kier alpha value is -2.02. The molecule has 1 aromatic carbocycles. The van der Waals surface area contributed by atoms with E-state index in [-0.39, 0.29) is 0 Å². The van der Waals surface area contributed by atoms with Crippen LogP contribution in [0.4, 0.5) is 14.5 Å². The van der Waals surface area contributed by atoms with Crippen molar-refractivity contribution in [2.24, 2.45) is 0 Å². The van der Waals surface area contributed by atoms with Crippen LogP contribution in [0.5, 0.6) is 0 Å². The van der Waals surface area contributed by atoms with E-state index in [0.29, 0.717) is 6.04 Å². The number of rotatable bonds is 5. The van der Waals surface area contributed by atoms with Crippen molar-refractivity contribution < 1.29 is 8.78 Å². The Morgan fingerprint density at radius 2 is 2.00 bits per heavy atom. The van der Waals surface area contributed by atoms with Crippen molar-refractivity contribution in [2.45, 2.75) is 25.4 Å². The molecule has 2 aromatic rings. The SMILES string of the molecule is Fc1ccc(N2CCC(NCCn3ccnn3)CC2)cc1F. The smallest absolute Gasteiger partial charge is 0.160 e. The van der Waals surface area contributed by atoms with Gasteiger partial charge in [0.05, 0.1) is 12.7 Å². The Bertz CT molecular complexity index is 594. The second kappa shape index (κ2) is 6.83. The van der Waals surface area contributed by atoms with E-state index in [9.17, 15) is 8.78 Å². The van der Waals surface area contributed by atoms with Crippen LogP contribution in [0.15, 0.2) is 30.6 Å². The normalized spacial score (nSPS) is 16.2. The summed E-state index contributed by atoms with van der Waals surface area (Å²) in [4.78, 5) is 2.10. The van der Waals surface area contributed by atoms with Crippen molar-refractivity contribution in [3.63, 3.8) is 0 Å². The van der Waals surface area contributed by atoms with Gasteiger partial charge in [0.1, 0.15) is 0 Å². The van der Waals surface area contributed by atoms with Gasteiger partial charge in [-0.15, -0.1) is 5.10 Å². The van der Waals surface area contributed by atoms with E-state index in [1.54, 1.807) is 16.9 Å². The van der Waals surface area contributed by atoms with Gasteiger partial charge < -0.3 is 10.2 Å². The molecule has 0 atom stereocenters. The van der Waals surface area contributed by atoms with Crippen LogP contribution in [-0.4, -0.2) is 40.7 Å². The lowest BCUT2D eigenvalue weighted by molar-refractivity contribution is 0.399. The Morgan fingerprint density at radius 3 is 2.68 bits per heavy atom. The number of hydrogen-bond acceptors (Lipinski definition) is 4. The lowest BCUT2D eigenvalue weighted by Gasteiger charge is -2.34. The summed E-state index contributed by atoms with van der Waals surface area (Å²) in [5, 5.41) is 11.2. The fourth-order valence-electron chi connectivity index (χ4n) is 2.76. The molecule has 5 nitrogen and oxygen atoms in total. The molecule has 7 heteroatoms. The maximum Gasteiger partial charge on any atom is 0.160 e. The van der Waals surface area contributed by atoms with Gasteiger partial charge in [0.2, 0.25) is 0 Å². The number of piperidine rings is 1. The summed E-state index contributed by atoms with van der Waals surface area (Å²) in [6.45, 7) is 3.32. The van der Waals surface area contributed by atoms with E-state index >= 15 is 0 Å². The fourth-order valence-corrected chi connectivity index (χ4v) is 2.76. The molecule has 2 heterocycles. The first-order valence-electron chi connectivity index (χ1n) is 7.50. The first kappa shape index (κ1) is 14.9. The van der Waals surface area contributed by atoms with Crippen LogP contribution in [0, 0.1) is 11.6 Å². The molecule has 0 radical (unpaired) electrons. The van der Waals surface area contributed by atoms with Crippen molar-refractivity contribution in [1.29, 1.82) is 0 Å². The predicted molar refractivity (Wildman–Crippen MR) is 79.6 cm³/mol. The van der Waals surface area contributed by atoms with Gasteiger partial charge >= 0.3 is 0 Å². The zero-order chi connectivity index (χ0) is 15.4. The summed E-state index contributed by atoms with van der Waals surface area (Å²) in [5.41, 5.74) is 0.750. The number of benzene rings is 1. The summed E-state index contributed by atoms with van der Waals surface area (Å²) in [6, 6.07) is 4.54. The standard InChI is InChI=1S/C15H19F2N5/c16-14-2-1-13(11-15(14)17)21-7-3-12(4-8-21)18-5-9-22-10-6-19-20-22/h1-2,6,10-12,18H,3-5,7-9H2. The van der Waals surface area contributed by atoms with Gasteiger partial charge in [-0.05, 0) is 25.0 Å². The Kier molecular flexibility index (Phi) is 4.62. The molecule has 0 amide bonds. The number of nitrogens with zero attached hydrogens (tertiary/aromatic N) is 4. The maximum atomic E-state index is 13.3. The van der Waals surface area contributed by atoms with Crippen LogP contribution in [-0.2, 0) is 6.54 Å². The third kappa shape index (κ3) is 3.59. The first-order valence-corrected chi connectivity index (χ1v) is 7.50.